The van der Waals surface area contributed by atoms with E-state index < -0.39 is 0 Å². The van der Waals surface area contributed by atoms with E-state index in [4.69, 9.17) is 4.99 Å². The normalized spacial score (nSPS) is 13.7. The molecule has 0 bridgehead atoms. The summed E-state index contributed by atoms with van der Waals surface area (Å²) >= 11 is 1.92. The van der Waals surface area contributed by atoms with Crippen molar-refractivity contribution < 1.29 is 0 Å². The third-order valence-corrected chi connectivity index (χ3v) is 4.80. The Morgan fingerprint density at radius 3 is 2.27 bits per heavy atom. The van der Waals surface area contributed by atoms with E-state index in [1.807, 2.05) is 11.8 Å². The van der Waals surface area contributed by atoms with Crippen LogP contribution in [0.1, 0.15) is 46.5 Å². The van der Waals surface area contributed by atoms with Gasteiger partial charge in [0.15, 0.2) is 5.96 Å². The first-order chi connectivity index (χ1) is 10.6. The zero-order chi connectivity index (χ0) is 16.8. The number of hydrogen-bond acceptors (Lipinski definition) is 3. The Bertz CT molecular complexity index is 278. The van der Waals surface area contributed by atoms with E-state index in [0.717, 1.165) is 25.6 Å². The second kappa shape index (κ2) is 14.2. The van der Waals surface area contributed by atoms with Crippen LogP contribution in [0, 0.1) is 5.92 Å². The monoisotopic (exact) mass is 330 g/mol. The minimum atomic E-state index is 0.516. The Balaban J connectivity index is 4.47. The van der Waals surface area contributed by atoms with Gasteiger partial charge in [0.2, 0.25) is 0 Å². The van der Waals surface area contributed by atoms with Crippen molar-refractivity contribution in [3.8, 4) is 0 Å². The van der Waals surface area contributed by atoms with Crippen molar-refractivity contribution >= 4 is 17.7 Å². The molecule has 4 nitrogen and oxygen atoms in total. The van der Waals surface area contributed by atoms with E-state index in [1.54, 1.807) is 0 Å². The molecule has 1 unspecified atom stereocenters. The van der Waals surface area contributed by atoms with Gasteiger partial charge in [0.1, 0.15) is 0 Å². The van der Waals surface area contributed by atoms with Crippen LogP contribution >= 0.6 is 11.8 Å². The maximum atomic E-state index is 4.82. The summed E-state index contributed by atoms with van der Waals surface area (Å²) in [6.45, 7) is 9.46. The number of nitrogens with one attached hydrogen (secondary N) is 2. The molecule has 0 aromatic carbocycles. The number of nitrogens with zero attached hydrogens (tertiary/aromatic N) is 2. The lowest BCUT2D eigenvalue weighted by molar-refractivity contribution is 0.206. The standard InChI is InChI=1S/C17H38N4S/c1-7-15(8-2)16(21(4)5)14-20-17(18-9-3)19-12-10-11-13-22-6/h15-16H,7-14H2,1-6H3,(H2,18,19,20). The number of aliphatic imine (C=N–C) groups is 1. The van der Waals surface area contributed by atoms with Crippen LogP contribution in [0.5, 0.6) is 0 Å². The van der Waals surface area contributed by atoms with Crippen LogP contribution in [0.2, 0.25) is 0 Å². The Labute approximate surface area is 142 Å². The van der Waals surface area contributed by atoms with Crippen LogP contribution in [-0.2, 0) is 0 Å². The molecule has 22 heavy (non-hydrogen) atoms. The molecular formula is C17H38N4S. The zero-order valence-electron chi connectivity index (χ0n) is 15.6. The predicted octanol–water partition coefficient (Wildman–Crippen LogP) is 3.05. The van der Waals surface area contributed by atoms with Gasteiger partial charge in [-0.3, -0.25) is 4.99 Å². The molecule has 0 aromatic heterocycles. The molecule has 0 rings (SSSR count). The number of hydrogen-bond donors (Lipinski definition) is 2. The molecule has 2 N–H and O–H groups in total. The summed E-state index contributed by atoms with van der Waals surface area (Å²) in [5, 5.41) is 6.82. The molecule has 0 amide bonds. The van der Waals surface area contributed by atoms with Crippen LogP contribution in [0.25, 0.3) is 0 Å². The summed E-state index contributed by atoms with van der Waals surface area (Å²) in [6.07, 6.45) is 7.07. The topological polar surface area (TPSA) is 39.7 Å². The van der Waals surface area contributed by atoms with Gasteiger partial charge >= 0.3 is 0 Å². The molecular weight excluding hydrogens is 292 g/mol. The fourth-order valence-corrected chi connectivity index (χ4v) is 3.16. The van der Waals surface area contributed by atoms with Gasteiger partial charge in [-0.25, -0.2) is 0 Å². The second-order valence-corrected chi connectivity index (χ2v) is 6.94. The highest BCUT2D eigenvalue weighted by Crippen LogP contribution is 2.17. The van der Waals surface area contributed by atoms with Crippen molar-refractivity contribution in [2.24, 2.45) is 10.9 Å². The van der Waals surface area contributed by atoms with Crippen molar-refractivity contribution in [2.45, 2.75) is 52.5 Å². The molecule has 0 aliphatic rings. The highest BCUT2D eigenvalue weighted by Gasteiger charge is 2.20. The van der Waals surface area contributed by atoms with Crippen LogP contribution in [-0.4, -0.2) is 62.6 Å². The lowest BCUT2D eigenvalue weighted by atomic mass is 9.93. The molecule has 0 heterocycles. The zero-order valence-corrected chi connectivity index (χ0v) is 16.4. The van der Waals surface area contributed by atoms with E-state index in [2.05, 4.69) is 56.7 Å². The summed E-state index contributed by atoms with van der Waals surface area (Å²) in [7, 11) is 4.34. The van der Waals surface area contributed by atoms with Crippen molar-refractivity contribution in [3.63, 3.8) is 0 Å². The SMILES string of the molecule is CCNC(=NCC(C(CC)CC)N(C)C)NCCCCSC. The van der Waals surface area contributed by atoms with Crippen LogP contribution in [0.15, 0.2) is 4.99 Å². The maximum Gasteiger partial charge on any atom is 0.191 e. The van der Waals surface area contributed by atoms with Gasteiger partial charge in [0, 0.05) is 19.1 Å². The summed E-state index contributed by atoms with van der Waals surface area (Å²) in [5.74, 6) is 2.92. The van der Waals surface area contributed by atoms with Gasteiger partial charge in [-0.15, -0.1) is 0 Å². The second-order valence-electron chi connectivity index (χ2n) is 5.95. The van der Waals surface area contributed by atoms with Crippen LogP contribution in [0.3, 0.4) is 0 Å². The van der Waals surface area contributed by atoms with Crippen molar-refractivity contribution in [1.82, 2.24) is 15.5 Å². The summed E-state index contributed by atoms with van der Waals surface area (Å²) in [4.78, 5) is 7.14. The predicted molar refractivity (Wildman–Crippen MR) is 103 cm³/mol. The number of thioether (sulfide) groups is 1. The van der Waals surface area contributed by atoms with Gasteiger partial charge in [-0.1, -0.05) is 26.7 Å². The third-order valence-electron chi connectivity index (χ3n) is 4.10. The summed E-state index contributed by atoms with van der Waals surface area (Å²) in [6, 6.07) is 0.516. The first-order valence-corrected chi connectivity index (χ1v) is 10.2. The molecule has 0 aliphatic carbocycles. The molecule has 0 aromatic rings. The van der Waals surface area contributed by atoms with Crippen molar-refractivity contribution in [1.29, 1.82) is 0 Å². The molecule has 0 aliphatic heterocycles. The highest BCUT2D eigenvalue weighted by atomic mass is 32.2. The van der Waals surface area contributed by atoms with Crippen LogP contribution in [0.4, 0.5) is 0 Å². The average Bonchev–Trinajstić information content (AvgIpc) is 2.50. The number of likely N-dealkylation sites (N-methyl/N-ethyl adjacent to an activating group) is 1. The van der Waals surface area contributed by atoms with Gasteiger partial charge in [0.25, 0.3) is 0 Å². The Hall–Kier alpha value is -0.420. The molecule has 1 atom stereocenters. The smallest absolute Gasteiger partial charge is 0.191 e. The molecule has 0 saturated heterocycles. The minimum Gasteiger partial charge on any atom is -0.357 e. The Kier molecular flexibility index (Phi) is 13.9. The molecule has 0 spiro atoms. The van der Waals surface area contributed by atoms with E-state index in [0.29, 0.717) is 12.0 Å². The lowest BCUT2D eigenvalue weighted by Crippen LogP contribution is -2.41. The number of guanidine groups is 1. The Morgan fingerprint density at radius 1 is 1.09 bits per heavy atom. The molecule has 132 valence electrons. The number of rotatable bonds is 12. The van der Waals surface area contributed by atoms with Gasteiger partial charge in [0.05, 0.1) is 6.54 Å². The summed E-state index contributed by atoms with van der Waals surface area (Å²) in [5.41, 5.74) is 0. The van der Waals surface area contributed by atoms with Gasteiger partial charge < -0.3 is 15.5 Å². The van der Waals surface area contributed by atoms with E-state index in [-0.39, 0.29) is 0 Å². The van der Waals surface area contributed by atoms with E-state index in [9.17, 15) is 0 Å². The third kappa shape index (κ3) is 9.57. The van der Waals surface area contributed by atoms with Gasteiger partial charge in [-0.2, -0.15) is 11.8 Å². The van der Waals surface area contributed by atoms with E-state index >= 15 is 0 Å². The van der Waals surface area contributed by atoms with Gasteiger partial charge in [-0.05, 0) is 51.8 Å². The summed E-state index contributed by atoms with van der Waals surface area (Å²) < 4.78 is 0. The fourth-order valence-electron chi connectivity index (χ4n) is 2.67. The largest absolute Gasteiger partial charge is 0.357 e. The number of unbranched alkanes of at least 4 members (excludes halogenated alkanes) is 1. The first kappa shape index (κ1) is 21.6. The molecule has 5 heteroatoms. The first-order valence-electron chi connectivity index (χ1n) is 8.78. The molecule has 0 fully saturated rings. The Morgan fingerprint density at radius 2 is 1.77 bits per heavy atom. The van der Waals surface area contributed by atoms with Crippen molar-refractivity contribution in [3.05, 3.63) is 0 Å². The fraction of sp³-hybridized carbons (Fsp3) is 0.941. The average molecular weight is 331 g/mol. The highest BCUT2D eigenvalue weighted by molar-refractivity contribution is 7.98. The molecule has 0 radical (unpaired) electrons. The van der Waals surface area contributed by atoms with Crippen LogP contribution < -0.4 is 10.6 Å². The quantitative estimate of drug-likeness (QED) is 0.328. The maximum absolute atomic E-state index is 4.82. The lowest BCUT2D eigenvalue weighted by Gasteiger charge is -2.30. The van der Waals surface area contributed by atoms with E-state index in [1.165, 1.54) is 31.4 Å². The molecule has 0 saturated carbocycles. The minimum absolute atomic E-state index is 0.516. The van der Waals surface area contributed by atoms with Crippen molar-refractivity contribution in [2.75, 3.05) is 45.7 Å².